The normalized spacial score (nSPS) is 18.8. The van der Waals surface area contributed by atoms with E-state index in [2.05, 4.69) is 10.1 Å². The van der Waals surface area contributed by atoms with Gasteiger partial charge in [-0.05, 0) is 25.7 Å². The molecular weight excluding hydrogens is 218 g/mol. The Bertz CT molecular complexity index is 373. The molecule has 17 heavy (non-hydrogen) atoms. The van der Waals surface area contributed by atoms with Crippen molar-refractivity contribution in [2.75, 3.05) is 13.6 Å². The Labute approximate surface area is 101 Å². The van der Waals surface area contributed by atoms with E-state index in [-0.39, 0.29) is 18.0 Å². The first kappa shape index (κ1) is 12.0. The summed E-state index contributed by atoms with van der Waals surface area (Å²) in [6.07, 6.45) is 5.35. The van der Waals surface area contributed by atoms with Crippen LogP contribution in [0.3, 0.4) is 0 Å². The number of rotatable bonds is 5. The number of carbonyl (C=O) groups excluding carboxylic acids is 1. The van der Waals surface area contributed by atoms with E-state index in [0.29, 0.717) is 12.5 Å². The van der Waals surface area contributed by atoms with Crippen molar-refractivity contribution in [2.45, 2.75) is 31.8 Å². The fourth-order valence-electron chi connectivity index (χ4n) is 2.14. The molecule has 0 spiro atoms. The highest BCUT2D eigenvalue weighted by Crippen LogP contribution is 2.35. The van der Waals surface area contributed by atoms with Crippen LogP contribution >= 0.6 is 0 Å². The highest BCUT2D eigenvalue weighted by molar-refractivity contribution is 5.80. The van der Waals surface area contributed by atoms with Gasteiger partial charge < -0.3 is 10.6 Å². The van der Waals surface area contributed by atoms with Gasteiger partial charge in [0.2, 0.25) is 5.91 Å². The van der Waals surface area contributed by atoms with Crippen LogP contribution in [-0.4, -0.2) is 45.2 Å². The molecule has 0 aliphatic heterocycles. The lowest BCUT2D eigenvalue weighted by atomic mass is 10.1. The van der Waals surface area contributed by atoms with E-state index in [1.807, 2.05) is 14.0 Å². The van der Waals surface area contributed by atoms with Crippen molar-refractivity contribution in [1.82, 2.24) is 19.7 Å². The molecule has 1 aromatic rings. The first-order chi connectivity index (χ1) is 8.15. The lowest BCUT2D eigenvalue weighted by Crippen LogP contribution is -2.45. The maximum Gasteiger partial charge on any atom is 0.247 e. The molecule has 2 atom stereocenters. The molecule has 2 unspecified atom stereocenters. The summed E-state index contributed by atoms with van der Waals surface area (Å²) in [4.78, 5) is 17.9. The molecule has 6 nitrogen and oxygen atoms in total. The SMILES string of the molecule is CC(C(=O)N(C)C(CN)C1CC1)n1cncn1. The molecule has 1 heterocycles. The summed E-state index contributed by atoms with van der Waals surface area (Å²) in [6.45, 7) is 2.35. The van der Waals surface area contributed by atoms with Gasteiger partial charge in [-0.3, -0.25) is 4.79 Å². The molecule has 1 aliphatic rings. The maximum absolute atomic E-state index is 12.3. The summed E-state index contributed by atoms with van der Waals surface area (Å²) >= 11 is 0. The predicted octanol–water partition coefficient (Wildman–Crippen LogP) is 0.0348. The Hall–Kier alpha value is -1.43. The second kappa shape index (κ2) is 4.83. The van der Waals surface area contributed by atoms with Crippen molar-refractivity contribution in [1.29, 1.82) is 0 Å². The van der Waals surface area contributed by atoms with Crippen LogP contribution < -0.4 is 5.73 Å². The zero-order valence-electron chi connectivity index (χ0n) is 10.3. The van der Waals surface area contributed by atoms with Gasteiger partial charge in [0.25, 0.3) is 0 Å². The molecule has 1 aliphatic carbocycles. The average Bonchev–Trinajstić information content (AvgIpc) is 3.01. The number of aromatic nitrogens is 3. The van der Waals surface area contributed by atoms with E-state index in [0.717, 1.165) is 0 Å². The summed E-state index contributed by atoms with van der Waals surface area (Å²) in [7, 11) is 1.83. The van der Waals surface area contributed by atoms with Crippen LogP contribution in [0, 0.1) is 5.92 Å². The number of hydrogen-bond acceptors (Lipinski definition) is 4. The first-order valence-corrected chi connectivity index (χ1v) is 5.96. The highest BCUT2D eigenvalue weighted by atomic mass is 16.2. The Morgan fingerprint density at radius 2 is 2.35 bits per heavy atom. The van der Waals surface area contributed by atoms with Gasteiger partial charge in [0.05, 0.1) is 0 Å². The topological polar surface area (TPSA) is 77.0 Å². The van der Waals surface area contributed by atoms with E-state index in [1.54, 1.807) is 15.9 Å². The molecule has 2 N–H and O–H groups in total. The van der Waals surface area contributed by atoms with Gasteiger partial charge in [0.1, 0.15) is 18.7 Å². The number of carbonyl (C=O) groups is 1. The minimum atomic E-state index is -0.324. The number of hydrogen-bond donors (Lipinski definition) is 1. The zero-order valence-corrected chi connectivity index (χ0v) is 10.3. The minimum absolute atomic E-state index is 0.0397. The smallest absolute Gasteiger partial charge is 0.247 e. The second-order valence-corrected chi connectivity index (χ2v) is 4.64. The highest BCUT2D eigenvalue weighted by Gasteiger charge is 2.36. The Morgan fingerprint density at radius 3 is 2.82 bits per heavy atom. The van der Waals surface area contributed by atoms with Gasteiger partial charge in [-0.2, -0.15) is 5.10 Å². The fourth-order valence-corrected chi connectivity index (χ4v) is 2.14. The molecule has 1 fully saturated rings. The number of amides is 1. The van der Waals surface area contributed by atoms with Crippen molar-refractivity contribution >= 4 is 5.91 Å². The molecular formula is C11H19N5O. The number of nitrogens with two attached hydrogens (primary N) is 1. The fraction of sp³-hybridized carbons (Fsp3) is 0.727. The van der Waals surface area contributed by atoms with E-state index in [9.17, 15) is 4.79 Å². The first-order valence-electron chi connectivity index (χ1n) is 5.96. The molecule has 6 heteroatoms. The van der Waals surface area contributed by atoms with E-state index in [4.69, 9.17) is 5.73 Å². The predicted molar refractivity (Wildman–Crippen MR) is 63.1 cm³/mol. The number of nitrogens with zero attached hydrogens (tertiary/aromatic N) is 4. The van der Waals surface area contributed by atoms with Gasteiger partial charge in [0.15, 0.2) is 0 Å². The molecule has 0 bridgehead atoms. The van der Waals surface area contributed by atoms with Gasteiger partial charge in [-0.1, -0.05) is 0 Å². The molecule has 94 valence electrons. The Kier molecular flexibility index (Phi) is 3.42. The maximum atomic E-state index is 12.3. The molecule has 2 rings (SSSR count). The van der Waals surface area contributed by atoms with Crippen LogP contribution in [0.2, 0.25) is 0 Å². The third kappa shape index (κ3) is 2.46. The Morgan fingerprint density at radius 1 is 1.65 bits per heavy atom. The quantitative estimate of drug-likeness (QED) is 0.784. The average molecular weight is 237 g/mol. The van der Waals surface area contributed by atoms with Crippen LogP contribution in [0.4, 0.5) is 0 Å². The van der Waals surface area contributed by atoms with Gasteiger partial charge in [0, 0.05) is 19.6 Å². The molecule has 0 aromatic carbocycles. The summed E-state index contributed by atoms with van der Waals surface area (Å²) in [5.41, 5.74) is 5.74. The molecule has 1 amide bonds. The second-order valence-electron chi connectivity index (χ2n) is 4.64. The van der Waals surface area contributed by atoms with Crippen LogP contribution in [0.25, 0.3) is 0 Å². The van der Waals surface area contributed by atoms with Crippen molar-refractivity contribution in [2.24, 2.45) is 11.7 Å². The van der Waals surface area contributed by atoms with Crippen LogP contribution in [0.1, 0.15) is 25.8 Å². The standard InChI is InChI=1S/C11H19N5O/c1-8(16-7-13-6-14-16)11(17)15(2)10(5-12)9-3-4-9/h6-10H,3-5,12H2,1-2H3. The molecule has 1 saturated carbocycles. The summed E-state index contributed by atoms with van der Waals surface area (Å²) in [5.74, 6) is 0.620. The number of likely N-dealkylation sites (N-methyl/N-ethyl adjacent to an activating group) is 1. The lowest BCUT2D eigenvalue weighted by Gasteiger charge is -2.29. The van der Waals surface area contributed by atoms with Crippen molar-refractivity contribution < 1.29 is 4.79 Å². The Balaban J connectivity index is 2.03. The van der Waals surface area contributed by atoms with Crippen molar-refractivity contribution in [3.8, 4) is 0 Å². The molecule has 0 radical (unpaired) electrons. The van der Waals surface area contributed by atoms with Crippen molar-refractivity contribution in [3.63, 3.8) is 0 Å². The van der Waals surface area contributed by atoms with Crippen molar-refractivity contribution in [3.05, 3.63) is 12.7 Å². The van der Waals surface area contributed by atoms with Gasteiger partial charge in [-0.15, -0.1) is 0 Å². The monoisotopic (exact) mass is 237 g/mol. The molecule has 0 saturated heterocycles. The minimum Gasteiger partial charge on any atom is -0.339 e. The summed E-state index contributed by atoms with van der Waals surface area (Å²) in [6, 6.07) is -0.163. The van der Waals surface area contributed by atoms with Crippen LogP contribution in [-0.2, 0) is 4.79 Å². The van der Waals surface area contributed by atoms with E-state index in [1.165, 1.54) is 19.2 Å². The zero-order chi connectivity index (χ0) is 12.4. The van der Waals surface area contributed by atoms with Gasteiger partial charge in [-0.25, -0.2) is 9.67 Å². The summed E-state index contributed by atoms with van der Waals surface area (Å²) in [5, 5.41) is 3.99. The van der Waals surface area contributed by atoms with Crippen LogP contribution in [0.15, 0.2) is 12.7 Å². The largest absolute Gasteiger partial charge is 0.339 e. The van der Waals surface area contributed by atoms with E-state index >= 15 is 0 Å². The third-order valence-electron chi connectivity index (χ3n) is 3.44. The third-order valence-corrected chi connectivity index (χ3v) is 3.44. The van der Waals surface area contributed by atoms with E-state index < -0.39 is 0 Å². The summed E-state index contributed by atoms with van der Waals surface area (Å²) < 4.78 is 1.57. The molecule has 1 aromatic heterocycles. The van der Waals surface area contributed by atoms with Gasteiger partial charge >= 0.3 is 0 Å². The van der Waals surface area contributed by atoms with Crippen LogP contribution in [0.5, 0.6) is 0 Å². The lowest BCUT2D eigenvalue weighted by molar-refractivity contribution is -0.135.